The Hall–Kier alpha value is -2.69. The maximum atomic E-state index is 6.76. The summed E-state index contributed by atoms with van der Waals surface area (Å²) in [5.41, 5.74) is 3.02. The van der Waals surface area contributed by atoms with E-state index in [-0.39, 0.29) is 11.8 Å². The topological polar surface area (TPSA) is 43.3 Å². The van der Waals surface area contributed by atoms with Crippen molar-refractivity contribution in [3.05, 3.63) is 53.6 Å². The molecule has 2 aromatic carbocycles. The van der Waals surface area contributed by atoms with Gasteiger partial charge in [-0.3, -0.25) is 0 Å². The van der Waals surface area contributed by atoms with E-state index in [1.807, 2.05) is 25.1 Å². The minimum Gasteiger partial charge on any atom is -0.497 e. The number of para-hydroxylation sites is 1. The number of hydrazone groups is 1. The minimum absolute atomic E-state index is 0.179. The summed E-state index contributed by atoms with van der Waals surface area (Å²) in [6.45, 7) is 2.65. The van der Waals surface area contributed by atoms with Gasteiger partial charge >= 0.3 is 0 Å². The summed E-state index contributed by atoms with van der Waals surface area (Å²) in [4.78, 5) is 0. The van der Waals surface area contributed by atoms with Crippen molar-refractivity contribution in [1.82, 2.24) is 5.01 Å². The highest BCUT2D eigenvalue weighted by Crippen LogP contribution is 2.53. The van der Waals surface area contributed by atoms with Crippen LogP contribution in [0, 0.1) is 0 Å². The first kappa shape index (κ1) is 18.3. The molecule has 1 spiro atoms. The normalized spacial score (nSPS) is 21.8. The fourth-order valence-electron chi connectivity index (χ4n) is 4.95. The molecule has 0 amide bonds. The third-order valence-electron chi connectivity index (χ3n) is 6.33. The molecule has 3 aliphatic rings. The monoisotopic (exact) mass is 392 g/mol. The van der Waals surface area contributed by atoms with E-state index < -0.39 is 0 Å². The molecule has 1 fully saturated rings. The summed E-state index contributed by atoms with van der Waals surface area (Å²) in [7, 11) is 1.70. The fourth-order valence-corrected chi connectivity index (χ4v) is 4.95. The smallest absolute Gasteiger partial charge is 0.198 e. The molecule has 0 bridgehead atoms. The van der Waals surface area contributed by atoms with Gasteiger partial charge in [0.2, 0.25) is 0 Å². The van der Waals surface area contributed by atoms with Crippen molar-refractivity contribution >= 4 is 5.71 Å². The lowest BCUT2D eigenvalue weighted by Gasteiger charge is -2.49. The van der Waals surface area contributed by atoms with Crippen LogP contribution in [0.25, 0.3) is 0 Å². The Balaban J connectivity index is 1.59. The molecular weight excluding hydrogens is 364 g/mol. The summed E-state index contributed by atoms with van der Waals surface area (Å²) in [5, 5.41) is 7.40. The van der Waals surface area contributed by atoms with Gasteiger partial charge in [0.05, 0.1) is 25.5 Å². The van der Waals surface area contributed by atoms with Crippen LogP contribution in [0.2, 0.25) is 0 Å². The highest BCUT2D eigenvalue weighted by atomic mass is 16.6. The van der Waals surface area contributed by atoms with Crippen molar-refractivity contribution in [2.45, 2.75) is 57.2 Å². The molecule has 0 radical (unpaired) electrons. The lowest BCUT2D eigenvalue weighted by molar-refractivity contribution is -0.141. The number of nitrogens with zero attached hydrogens (tertiary/aromatic N) is 2. The van der Waals surface area contributed by atoms with Crippen LogP contribution < -0.4 is 14.2 Å². The van der Waals surface area contributed by atoms with Crippen molar-refractivity contribution in [2.24, 2.45) is 5.10 Å². The SMILES string of the molecule is CCOc1cccc2c1OC1(CCCCC1)N1N=C(c3cccc(OC)c3)CC21. The highest BCUT2D eigenvalue weighted by Gasteiger charge is 2.51. The van der Waals surface area contributed by atoms with E-state index in [2.05, 4.69) is 29.3 Å². The standard InChI is InChI=1S/C24H28N2O3/c1-3-28-22-12-8-11-19-21-16-20(17-9-7-10-18(15-17)27-2)25-26(21)24(29-23(19)22)13-5-4-6-14-24/h7-12,15,21H,3-6,13-14,16H2,1-2H3. The van der Waals surface area contributed by atoms with Crippen LogP contribution in [0.15, 0.2) is 47.6 Å². The molecule has 2 heterocycles. The van der Waals surface area contributed by atoms with Gasteiger partial charge in [-0.25, -0.2) is 5.01 Å². The van der Waals surface area contributed by atoms with Gasteiger partial charge in [-0.15, -0.1) is 0 Å². The Morgan fingerprint density at radius 3 is 2.76 bits per heavy atom. The van der Waals surface area contributed by atoms with Crippen LogP contribution in [0.4, 0.5) is 0 Å². The van der Waals surface area contributed by atoms with Gasteiger partial charge in [-0.2, -0.15) is 5.10 Å². The van der Waals surface area contributed by atoms with Gasteiger partial charge in [-0.05, 0) is 38.0 Å². The third kappa shape index (κ3) is 3.04. The van der Waals surface area contributed by atoms with E-state index in [1.165, 1.54) is 24.8 Å². The second-order valence-electron chi connectivity index (χ2n) is 8.06. The van der Waals surface area contributed by atoms with E-state index in [1.54, 1.807) is 7.11 Å². The van der Waals surface area contributed by atoms with E-state index in [9.17, 15) is 0 Å². The van der Waals surface area contributed by atoms with E-state index in [4.69, 9.17) is 19.3 Å². The number of hydrogen-bond donors (Lipinski definition) is 0. The molecule has 1 aliphatic carbocycles. The maximum Gasteiger partial charge on any atom is 0.198 e. The van der Waals surface area contributed by atoms with Crippen LogP contribution in [0.3, 0.4) is 0 Å². The van der Waals surface area contributed by atoms with E-state index in [0.717, 1.165) is 47.8 Å². The van der Waals surface area contributed by atoms with Crippen LogP contribution in [-0.4, -0.2) is 30.2 Å². The van der Waals surface area contributed by atoms with Gasteiger partial charge in [-0.1, -0.05) is 30.7 Å². The molecule has 29 heavy (non-hydrogen) atoms. The highest BCUT2D eigenvalue weighted by molar-refractivity contribution is 6.02. The second-order valence-corrected chi connectivity index (χ2v) is 8.06. The van der Waals surface area contributed by atoms with Crippen molar-refractivity contribution < 1.29 is 14.2 Å². The molecule has 0 aromatic heterocycles. The van der Waals surface area contributed by atoms with Crippen molar-refractivity contribution in [2.75, 3.05) is 13.7 Å². The molecule has 152 valence electrons. The Kier molecular flexibility index (Phi) is 4.61. The van der Waals surface area contributed by atoms with E-state index >= 15 is 0 Å². The molecule has 1 saturated carbocycles. The number of fused-ring (bicyclic) bond motifs is 4. The van der Waals surface area contributed by atoms with Gasteiger partial charge in [0, 0.05) is 30.4 Å². The molecule has 0 N–H and O–H groups in total. The van der Waals surface area contributed by atoms with Gasteiger partial charge in [0.1, 0.15) is 5.75 Å². The second kappa shape index (κ2) is 7.29. The number of hydrogen-bond acceptors (Lipinski definition) is 5. The first-order chi connectivity index (χ1) is 14.2. The first-order valence-electron chi connectivity index (χ1n) is 10.7. The predicted octanol–water partition coefficient (Wildman–Crippen LogP) is 5.30. The summed E-state index contributed by atoms with van der Waals surface area (Å²) in [5.74, 6) is 2.63. The zero-order chi connectivity index (χ0) is 19.8. The van der Waals surface area contributed by atoms with Gasteiger partial charge in [0.15, 0.2) is 17.2 Å². The Bertz CT molecular complexity index is 933. The van der Waals surface area contributed by atoms with Crippen LogP contribution in [-0.2, 0) is 0 Å². The zero-order valence-corrected chi connectivity index (χ0v) is 17.2. The third-order valence-corrected chi connectivity index (χ3v) is 6.33. The van der Waals surface area contributed by atoms with Crippen molar-refractivity contribution in [3.63, 3.8) is 0 Å². The largest absolute Gasteiger partial charge is 0.497 e. The zero-order valence-electron chi connectivity index (χ0n) is 17.2. The molecular formula is C24H28N2O3. The Labute approximate surface area is 172 Å². The van der Waals surface area contributed by atoms with Crippen LogP contribution in [0.5, 0.6) is 17.2 Å². The molecule has 2 aromatic rings. The molecule has 5 heteroatoms. The van der Waals surface area contributed by atoms with Gasteiger partial charge in [0.25, 0.3) is 0 Å². The molecule has 2 aliphatic heterocycles. The van der Waals surface area contributed by atoms with Crippen LogP contribution >= 0.6 is 0 Å². The van der Waals surface area contributed by atoms with Gasteiger partial charge < -0.3 is 14.2 Å². The van der Waals surface area contributed by atoms with Crippen molar-refractivity contribution in [3.8, 4) is 17.2 Å². The number of benzene rings is 2. The predicted molar refractivity (Wildman–Crippen MR) is 113 cm³/mol. The average Bonchev–Trinajstić information content (AvgIpc) is 3.22. The lowest BCUT2D eigenvalue weighted by atomic mass is 9.86. The Morgan fingerprint density at radius 1 is 1.14 bits per heavy atom. The first-order valence-corrected chi connectivity index (χ1v) is 10.7. The number of ether oxygens (including phenoxy) is 3. The molecule has 0 saturated heterocycles. The fraction of sp³-hybridized carbons (Fsp3) is 0.458. The lowest BCUT2D eigenvalue weighted by Crippen LogP contribution is -2.54. The number of rotatable bonds is 4. The molecule has 1 atom stereocenters. The maximum absolute atomic E-state index is 6.76. The quantitative estimate of drug-likeness (QED) is 0.708. The summed E-state index contributed by atoms with van der Waals surface area (Å²) in [6, 6.07) is 14.6. The number of methoxy groups -OCH3 is 1. The van der Waals surface area contributed by atoms with E-state index in [0.29, 0.717) is 6.61 Å². The summed E-state index contributed by atoms with van der Waals surface area (Å²) >= 11 is 0. The summed E-state index contributed by atoms with van der Waals surface area (Å²) < 4.78 is 18.1. The minimum atomic E-state index is -0.371. The molecule has 5 nitrogen and oxygen atoms in total. The van der Waals surface area contributed by atoms with Crippen LogP contribution in [0.1, 0.15) is 62.6 Å². The molecule has 1 unspecified atom stereocenters. The van der Waals surface area contributed by atoms with Crippen molar-refractivity contribution in [1.29, 1.82) is 0 Å². The average molecular weight is 392 g/mol. The molecule has 5 rings (SSSR count). The Morgan fingerprint density at radius 2 is 1.97 bits per heavy atom. The summed E-state index contributed by atoms with van der Waals surface area (Å²) in [6.07, 6.45) is 6.45.